The Morgan fingerprint density at radius 1 is 1.37 bits per heavy atom. The van der Waals surface area contributed by atoms with E-state index in [2.05, 4.69) is 5.32 Å². The first-order valence-corrected chi connectivity index (χ1v) is 7.23. The minimum absolute atomic E-state index is 0.138. The SMILES string of the molecule is CC1(C(=O)O)CCCN(C(=O)CC2CCNCC2)C1. The molecule has 0 aromatic heterocycles. The average molecular weight is 268 g/mol. The van der Waals surface area contributed by atoms with E-state index < -0.39 is 11.4 Å². The monoisotopic (exact) mass is 268 g/mol. The summed E-state index contributed by atoms with van der Waals surface area (Å²) in [6.07, 6.45) is 4.14. The number of hydrogen-bond acceptors (Lipinski definition) is 3. The maximum atomic E-state index is 12.3. The van der Waals surface area contributed by atoms with Crippen molar-refractivity contribution in [3.05, 3.63) is 0 Å². The predicted octanol–water partition coefficient (Wildman–Crippen LogP) is 1.09. The first-order chi connectivity index (χ1) is 9.01. The van der Waals surface area contributed by atoms with Crippen LogP contribution in [0.5, 0.6) is 0 Å². The van der Waals surface area contributed by atoms with Gasteiger partial charge in [0.05, 0.1) is 5.41 Å². The van der Waals surface area contributed by atoms with Gasteiger partial charge in [-0.15, -0.1) is 0 Å². The minimum Gasteiger partial charge on any atom is -0.481 e. The van der Waals surface area contributed by atoms with Crippen molar-refractivity contribution >= 4 is 11.9 Å². The van der Waals surface area contributed by atoms with Gasteiger partial charge in [0.15, 0.2) is 0 Å². The second-order valence-corrected chi connectivity index (χ2v) is 6.18. The molecule has 0 radical (unpaired) electrons. The molecule has 1 unspecified atom stereocenters. The van der Waals surface area contributed by atoms with Crippen LogP contribution in [0.2, 0.25) is 0 Å². The van der Waals surface area contributed by atoms with Gasteiger partial charge in [-0.05, 0) is 51.6 Å². The van der Waals surface area contributed by atoms with E-state index in [1.165, 1.54) is 0 Å². The molecule has 0 aromatic carbocycles. The normalized spacial score (nSPS) is 29.2. The van der Waals surface area contributed by atoms with Gasteiger partial charge in [0.2, 0.25) is 5.91 Å². The van der Waals surface area contributed by atoms with Crippen LogP contribution in [-0.2, 0) is 9.59 Å². The Kier molecular flexibility index (Phi) is 4.45. The van der Waals surface area contributed by atoms with Gasteiger partial charge in [0, 0.05) is 19.5 Å². The van der Waals surface area contributed by atoms with Gasteiger partial charge in [-0.3, -0.25) is 9.59 Å². The highest BCUT2D eigenvalue weighted by Gasteiger charge is 2.39. The molecule has 1 atom stereocenters. The zero-order valence-corrected chi connectivity index (χ0v) is 11.7. The summed E-state index contributed by atoms with van der Waals surface area (Å²) in [6, 6.07) is 0. The number of carboxylic acids is 1. The summed E-state index contributed by atoms with van der Waals surface area (Å²) in [5.41, 5.74) is -0.762. The number of carbonyl (C=O) groups excluding carboxylic acids is 1. The van der Waals surface area contributed by atoms with Crippen molar-refractivity contribution in [2.75, 3.05) is 26.2 Å². The predicted molar refractivity (Wildman–Crippen MR) is 71.8 cm³/mol. The van der Waals surface area contributed by atoms with Crippen LogP contribution >= 0.6 is 0 Å². The minimum atomic E-state index is -0.785. The molecule has 2 heterocycles. The molecule has 0 bridgehead atoms. The fourth-order valence-corrected chi connectivity index (χ4v) is 3.09. The number of nitrogens with zero attached hydrogens (tertiary/aromatic N) is 1. The Hall–Kier alpha value is -1.10. The molecule has 1 amide bonds. The van der Waals surface area contributed by atoms with Crippen molar-refractivity contribution in [1.82, 2.24) is 10.2 Å². The van der Waals surface area contributed by atoms with Crippen molar-refractivity contribution in [2.45, 2.75) is 39.0 Å². The van der Waals surface area contributed by atoms with E-state index in [4.69, 9.17) is 0 Å². The number of piperidine rings is 2. The summed E-state index contributed by atoms with van der Waals surface area (Å²) in [5, 5.41) is 12.6. The molecule has 0 saturated carbocycles. The van der Waals surface area contributed by atoms with Gasteiger partial charge < -0.3 is 15.3 Å². The number of amides is 1. The molecule has 5 heteroatoms. The number of likely N-dealkylation sites (tertiary alicyclic amines) is 1. The topological polar surface area (TPSA) is 69.6 Å². The third-order valence-electron chi connectivity index (χ3n) is 4.49. The highest BCUT2D eigenvalue weighted by atomic mass is 16.4. The molecule has 2 aliphatic rings. The molecule has 5 nitrogen and oxygen atoms in total. The quantitative estimate of drug-likeness (QED) is 0.804. The van der Waals surface area contributed by atoms with E-state index in [9.17, 15) is 14.7 Å². The largest absolute Gasteiger partial charge is 0.481 e. The highest BCUT2D eigenvalue weighted by molar-refractivity contribution is 5.79. The molecule has 0 aliphatic carbocycles. The van der Waals surface area contributed by atoms with Crippen LogP contribution in [0.25, 0.3) is 0 Å². The molecule has 0 aromatic rings. The summed E-state index contributed by atoms with van der Waals surface area (Å²) >= 11 is 0. The van der Waals surface area contributed by atoms with E-state index in [-0.39, 0.29) is 5.91 Å². The zero-order chi connectivity index (χ0) is 13.9. The Morgan fingerprint density at radius 2 is 2.05 bits per heavy atom. The number of aliphatic carboxylic acids is 1. The molecule has 108 valence electrons. The third kappa shape index (κ3) is 3.47. The van der Waals surface area contributed by atoms with E-state index in [0.717, 1.165) is 32.4 Å². The number of rotatable bonds is 3. The molecular weight excluding hydrogens is 244 g/mol. The molecule has 2 rings (SSSR count). The maximum absolute atomic E-state index is 12.3. The molecule has 2 aliphatic heterocycles. The number of carboxylic acid groups (broad SMARTS) is 1. The summed E-state index contributed by atoms with van der Waals surface area (Å²) in [6.45, 7) is 4.81. The van der Waals surface area contributed by atoms with Gasteiger partial charge >= 0.3 is 5.97 Å². The van der Waals surface area contributed by atoms with Crippen LogP contribution in [0.4, 0.5) is 0 Å². The summed E-state index contributed by atoms with van der Waals surface area (Å²) < 4.78 is 0. The molecule has 0 spiro atoms. The molecule has 2 fully saturated rings. The fourth-order valence-electron chi connectivity index (χ4n) is 3.09. The van der Waals surface area contributed by atoms with Gasteiger partial charge in [-0.2, -0.15) is 0 Å². The van der Waals surface area contributed by atoms with Crippen molar-refractivity contribution in [3.8, 4) is 0 Å². The van der Waals surface area contributed by atoms with Crippen LogP contribution in [0.3, 0.4) is 0 Å². The van der Waals surface area contributed by atoms with Gasteiger partial charge in [0.1, 0.15) is 0 Å². The van der Waals surface area contributed by atoms with E-state index in [0.29, 0.717) is 31.8 Å². The maximum Gasteiger partial charge on any atom is 0.311 e. The Balaban J connectivity index is 1.89. The van der Waals surface area contributed by atoms with E-state index in [1.807, 2.05) is 0 Å². The standard InChI is InChI=1S/C14H24N2O3/c1-14(13(18)19)5-2-8-16(10-14)12(17)9-11-3-6-15-7-4-11/h11,15H,2-10H2,1H3,(H,18,19). The number of carbonyl (C=O) groups is 2. The molecular formula is C14H24N2O3. The Labute approximate surface area is 114 Å². The lowest BCUT2D eigenvalue weighted by molar-refractivity contribution is -0.153. The second-order valence-electron chi connectivity index (χ2n) is 6.18. The fraction of sp³-hybridized carbons (Fsp3) is 0.857. The Bertz CT molecular complexity index is 353. The first-order valence-electron chi connectivity index (χ1n) is 7.23. The molecule has 2 saturated heterocycles. The van der Waals surface area contributed by atoms with Crippen LogP contribution in [0.1, 0.15) is 39.0 Å². The highest BCUT2D eigenvalue weighted by Crippen LogP contribution is 2.30. The molecule has 2 N–H and O–H groups in total. The van der Waals surface area contributed by atoms with Crippen molar-refractivity contribution in [2.24, 2.45) is 11.3 Å². The lowest BCUT2D eigenvalue weighted by atomic mass is 9.81. The van der Waals surface area contributed by atoms with E-state index in [1.54, 1.807) is 11.8 Å². The zero-order valence-electron chi connectivity index (χ0n) is 11.7. The van der Waals surface area contributed by atoms with Gasteiger partial charge in [0.25, 0.3) is 0 Å². The van der Waals surface area contributed by atoms with Crippen LogP contribution in [0, 0.1) is 11.3 Å². The van der Waals surface area contributed by atoms with Crippen molar-refractivity contribution in [3.63, 3.8) is 0 Å². The van der Waals surface area contributed by atoms with Gasteiger partial charge in [-0.25, -0.2) is 0 Å². The van der Waals surface area contributed by atoms with Crippen LogP contribution in [0.15, 0.2) is 0 Å². The lowest BCUT2D eigenvalue weighted by Crippen LogP contribution is -2.48. The van der Waals surface area contributed by atoms with Crippen molar-refractivity contribution < 1.29 is 14.7 Å². The van der Waals surface area contributed by atoms with E-state index >= 15 is 0 Å². The average Bonchev–Trinajstić information content (AvgIpc) is 2.40. The van der Waals surface area contributed by atoms with Crippen molar-refractivity contribution in [1.29, 1.82) is 0 Å². The summed E-state index contributed by atoms with van der Waals surface area (Å²) in [4.78, 5) is 25.3. The molecule has 19 heavy (non-hydrogen) atoms. The third-order valence-corrected chi connectivity index (χ3v) is 4.49. The smallest absolute Gasteiger partial charge is 0.311 e. The number of hydrogen-bond donors (Lipinski definition) is 2. The lowest BCUT2D eigenvalue weighted by Gasteiger charge is -2.38. The number of nitrogens with one attached hydrogen (secondary N) is 1. The van der Waals surface area contributed by atoms with Gasteiger partial charge in [-0.1, -0.05) is 0 Å². The first kappa shape index (κ1) is 14.3. The Morgan fingerprint density at radius 3 is 2.68 bits per heavy atom. The summed E-state index contributed by atoms with van der Waals surface area (Å²) in [7, 11) is 0. The van der Waals surface area contributed by atoms with Crippen LogP contribution < -0.4 is 5.32 Å². The second kappa shape index (κ2) is 5.90. The summed E-state index contributed by atoms with van der Waals surface area (Å²) in [5.74, 6) is -0.183. The van der Waals surface area contributed by atoms with Crippen LogP contribution in [-0.4, -0.2) is 48.1 Å².